The minimum atomic E-state index is -0.621. The quantitative estimate of drug-likeness (QED) is 0.756. The fourth-order valence-electron chi connectivity index (χ4n) is 4.03. The molecule has 25 heavy (non-hydrogen) atoms. The topological polar surface area (TPSA) is 46.6 Å². The first-order valence-electron chi connectivity index (χ1n) is 9.33. The molecule has 2 fully saturated rings. The van der Waals surface area contributed by atoms with Crippen LogP contribution in [0.15, 0.2) is 24.3 Å². The molecular formula is C20H26ClNO3. The van der Waals surface area contributed by atoms with E-state index in [4.69, 9.17) is 16.3 Å². The maximum Gasteiger partial charge on any atom is 0.317 e. The highest BCUT2D eigenvalue weighted by Gasteiger charge is 2.44. The maximum atomic E-state index is 12.9. The second kappa shape index (κ2) is 8.22. The summed E-state index contributed by atoms with van der Waals surface area (Å²) < 4.78 is 5.51. The lowest BCUT2D eigenvalue weighted by atomic mass is 9.79. The van der Waals surface area contributed by atoms with E-state index in [2.05, 4.69) is 0 Å². The summed E-state index contributed by atoms with van der Waals surface area (Å²) in [5, 5.41) is 0.654. The van der Waals surface area contributed by atoms with Gasteiger partial charge in [0.05, 0.1) is 5.41 Å². The van der Waals surface area contributed by atoms with Gasteiger partial charge in [-0.3, -0.25) is 9.59 Å². The number of benzene rings is 1. The summed E-state index contributed by atoms with van der Waals surface area (Å²) in [6, 6.07) is 7.44. The Bertz CT molecular complexity index is 600. The SMILES string of the molecule is O=C(COC(=O)C1(c2ccc(Cl)cc2)CCCC1)N1CCCCCC1. The Morgan fingerprint density at radius 3 is 2.16 bits per heavy atom. The van der Waals surface area contributed by atoms with Crippen LogP contribution < -0.4 is 0 Å². The number of likely N-dealkylation sites (tertiary alicyclic amines) is 1. The Morgan fingerprint density at radius 1 is 0.960 bits per heavy atom. The number of carbonyl (C=O) groups is 2. The Labute approximate surface area is 154 Å². The van der Waals surface area contributed by atoms with Gasteiger partial charge >= 0.3 is 5.97 Å². The van der Waals surface area contributed by atoms with Crippen molar-refractivity contribution in [2.24, 2.45) is 0 Å². The van der Waals surface area contributed by atoms with Crippen molar-refractivity contribution in [3.05, 3.63) is 34.9 Å². The third-order valence-corrected chi connectivity index (χ3v) is 5.78. The van der Waals surface area contributed by atoms with Gasteiger partial charge in [0.2, 0.25) is 0 Å². The van der Waals surface area contributed by atoms with Gasteiger partial charge in [-0.05, 0) is 43.4 Å². The molecule has 0 radical (unpaired) electrons. The molecule has 1 saturated carbocycles. The second-order valence-corrected chi connectivity index (χ2v) is 7.60. The summed E-state index contributed by atoms with van der Waals surface area (Å²) in [7, 11) is 0. The number of ether oxygens (including phenoxy) is 1. The first-order valence-corrected chi connectivity index (χ1v) is 9.71. The molecule has 5 heteroatoms. The number of hydrogen-bond acceptors (Lipinski definition) is 3. The van der Waals surface area contributed by atoms with E-state index in [1.54, 1.807) is 0 Å². The monoisotopic (exact) mass is 363 g/mol. The van der Waals surface area contributed by atoms with Crippen LogP contribution >= 0.6 is 11.6 Å². The van der Waals surface area contributed by atoms with Crippen LogP contribution in [-0.2, 0) is 19.7 Å². The predicted molar refractivity (Wildman–Crippen MR) is 97.6 cm³/mol. The van der Waals surface area contributed by atoms with Gasteiger partial charge in [-0.1, -0.05) is 49.4 Å². The van der Waals surface area contributed by atoms with Crippen LogP contribution in [0.25, 0.3) is 0 Å². The highest BCUT2D eigenvalue weighted by atomic mass is 35.5. The van der Waals surface area contributed by atoms with Crippen LogP contribution in [-0.4, -0.2) is 36.5 Å². The second-order valence-electron chi connectivity index (χ2n) is 7.17. The summed E-state index contributed by atoms with van der Waals surface area (Å²) in [5.74, 6) is -0.338. The molecule has 1 aromatic rings. The molecule has 1 amide bonds. The van der Waals surface area contributed by atoms with Crippen molar-refractivity contribution in [1.82, 2.24) is 4.90 Å². The lowest BCUT2D eigenvalue weighted by Gasteiger charge is -2.28. The van der Waals surface area contributed by atoms with E-state index < -0.39 is 5.41 Å². The summed E-state index contributed by atoms with van der Waals surface area (Å²) in [5.41, 5.74) is 0.325. The van der Waals surface area contributed by atoms with Crippen LogP contribution in [0.1, 0.15) is 56.9 Å². The average Bonchev–Trinajstić information content (AvgIpc) is 2.96. The lowest BCUT2D eigenvalue weighted by molar-refractivity contribution is -0.157. The molecule has 1 aliphatic heterocycles. The van der Waals surface area contributed by atoms with Crippen molar-refractivity contribution in [3.63, 3.8) is 0 Å². The number of halogens is 1. The average molecular weight is 364 g/mol. The summed E-state index contributed by atoms with van der Waals surface area (Å²) >= 11 is 5.98. The first kappa shape index (κ1) is 18.2. The molecule has 0 N–H and O–H groups in total. The van der Waals surface area contributed by atoms with E-state index in [0.717, 1.165) is 57.2 Å². The molecule has 1 aliphatic carbocycles. The molecule has 0 atom stereocenters. The lowest BCUT2D eigenvalue weighted by Crippen LogP contribution is -2.39. The molecule has 4 nitrogen and oxygen atoms in total. The van der Waals surface area contributed by atoms with E-state index in [1.807, 2.05) is 29.2 Å². The molecule has 1 aromatic carbocycles. The Hall–Kier alpha value is -1.55. The van der Waals surface area contributed by atoms with E-state index in [-0.39, 0.29) is 18.5 Å². The van der Waals surface area contributed by atoms with Crippen LogP contribution in [0, 0.1) is 0 Å². The van der Waals surface area contributed by atoms with Crippen molar-refractivity contribution in [2.45, 2.75) is 56.8 Å². The standard InChI is InChI=1S/C20H26ClNO3/c21-17-9-7-16(8-10-17)20(11-3-4-12-20)19(24)25-15-18(23)22-13-5-1-2-6-14-22/h7-10H,1-6,11-15H2. The van der Waals surface area contributed by atoms with E-state index in [0.29, 0.717) is 5.02 Å². The minimum Gasteiger partial charge on any atom is -0.455 e. The summed E-state index contributed by atoms with van der Waals surface area (Å²) in [4.78, 5) is 27.1. The normalized spacial score (nSPS) is 20.1. The Kier molecular flexibility index (Phi) is 6.00. The Morgan fingerprint density at radius 2 is 1.56 bits per heavy atom. The fourth-order valence-corrected chi connectivity index (χ4v) is 4.16. The van der Waals surface area contributed by atoms with Crippen molar-refractivity contribution in [3.8, 4) is 0 Å². The molecule has 0 aromatic heterocycles. The number of esters is 1. The van der Waals surface area contributed by atoms with Gasteiger partial charge in [-0.2, -0.15) is 0 Å². The van der Waals surface area contributed by atoms with Gasteiger partial charge < -0.3 is 9.64 Å². The zero-order chi connectivity index (χ0) is 17.7. The van der Waals surface area contributed by atoms with Gasteiger partial charge in [0.1, 0.15) is 0 Å². The van der Waals surface area contributed by atoms with Crippen molar-refractivity contribution < 1.29 is 14.3 Å². The van der Waals surface area contributed by atoms with E-state index in [1.165, 1.54) is 12.8 Å². The van der Waals surface area contributed by atoms with Crippen LogP contribution in [0.4, 0.5) is 0 Å². The highest BCUT2D eigenvalue weighted by Crippen LogP contribution is 2.42. The van der Waals surface area contributed by atoms with Gasteiger partial charge in [0.25, 0.3) is 5.91 Å². The van der Waals surface area contributed by atoms with Crippen LogP contribution in [0.3, 0.4) is 0 Å². The van der Waals surface area contributed by atoms with Crippen LogP contribution in [0.5, 0.6) is 0 Å². The number of rotatable bonds is 4. The molecule has 1 heterocycles. The highest BCUT2D eigenvalue weighted by molar-refractivity contribution is 6.30. The van der Waals surface area contributed by atoms with E-state index in [9.17, 15) is 9.59 Å². The number of hydrogen-bond donors (Lipinski definition) is 0. The number of amides is 1. The van der Waals surface area contributed by atoms with Crippen molar-refractivity contribution in [2.75, 3.05) is 19.7 Å². The van der Waals surface area contributed by atoms with Gasteiger partial charge in [0, 0.05) is 18.1 Å². The molecule has 1 saturated heterocycles. The summed E-state index contributed by atoms with van der Waals surface area (Å²) in [6.07, 6.45) is 7.95. The van der Waals surface area contributed by atoms with Crippen molar-refractivity contribution >= 4 is 23.5 Å². The smallest absolute Gasteiger partial charge is 0.317 e. The minimum absolute atomic E-state index is 0.0699. The van der Waals surface area contributed by atoms with Crippen LogP contribution in [0.2, 0.25) is 5.02 Å². The zero-order valence-electron chi connectivity index (χ0n) is 14.6. The zero-order valence-corrected chi connectivity index (χ0v) is 15.4. The molecule has 2 aliphatic rings. The third kappa shape index (κ3) is 4.17. The maximum absolute atomic E-state index is 12.9. The van der Waals surface area contributed by atoms with Gasteiger partial charge in [0.15, 0.2) is 6.61 Å². The fraction of sp³-hybridized carbons (Fsp3) is 0.600. The molecule has 0 spiro atoms. The predicted octanol–water partition coefficient (Wildman–Crippen LogP) is 4.10. The molecular weight excluding hydrogens is 338 g/mol. The third-order valence-electron chi connectivity index (χ3n) is 5.53. The van der Waals surface area contributed by atoms with E-state index >= 15 is 0 Å². The molecule has 0 bridgehead atoms. The molecule has 136 valence electrons. The summed E-state index contributed by atoms with van der Waals surface area (Å²) in [6.45, 7) is 1.41. The molecule has 3 rings (SSSR count). The number of nitrogens with zero attached hydrogens (tertiary/aromatic N) is 1. The largest absolute Gasteiger partial charge is 0.455 e. The first-order chi connectivity index (χ1) is 12.1. The number of carbonyl (C=O) groups excluding carboxylic acids is 2. The molecule has 0 unspecified atom stereocenters. The van der Waals surface area contributed by atoms with Gasteiger partial charge in [-0.25, -0.2) is 0 Å². The Balaban J connectivity index is 1.65. The van der Waals surface area contributed by atoms with Gasteiger partial charge in [-0.15, -0.1) is 0 Å². The van der Waals surface area contributed by atoms with Crippen molar-refractivity contribution in [1.29, 1.82) is 0 Å².